The largest absolute Gasteiger partial charge is 0.316 e. The van der Waals surface area contributed by atoms with Crippen LogP contribution in [0.3, 0.4) is 0 Å². The van der Waals surface area contributed by atoms with Gasteiger partial charge in [0.25, 0.3) is 0 Å². The van der Waals surface area contributed by atoms with Crippen molar-refractivity contribution in [2.24, 2.45) is 5.92 Å². The first kappa shape index (κ1) is 12.3. The third-order valence-electron chi connectivity index (χ3n) is 2.90. The number of nitrogens with one attached hydrogen (secondary N) is 1. The van der Waals surface area contributed by atoms with Gasteiger partial charge in [-0.1, -0.05) is 38.2 Å². The minimum absolute atomic E-state index is 0.738. The van der Waals surface area contributed by atoms with E-state index in [4.69, 9.17) is 0 Å². The highest BCUT2D eigenvalue weighted by Crippen LogP contribution is 2.29. The Balaban J connectivity index is 2.80. The van der Waals surface area contributed by atoms with E-state index in [1.807, 2.05) is 7.05 Å². The molecule has 0 aliphatic heterocycles. The van der Waals surface area contributed by atoms with Gasteiger partial charge < -0.3 is 5.32 Å². The van der Waals surface area contributed by atoms with E-state index in [1.54, 1.807) is 0 Å². The standard InChI is InChI=1S/C14H23N/c1-4-6-13-8-7-12(5-2)11-14(13)9-10-15-3/h6-9,12,15H,4-5,10-11H2,1-3H3. The van der Waals surface area contributed by atoms with E-state index in [9.17, 15) is 0 Å². The molecule has 0 heterocycles. The summed E-state index contributed by atoms with van der Waals surface area (Å²) in [6, 6.07) is 0. The molecule has 1 aliphatic rings. The van der Waals surface area contributed by atoms with Crippen molar-refractivity contribution in [2.45, 2.75) is 33.1 Å². The molecule has 0 bridgehead atoms. The smallest absolute Gasteiger partial charge is 0.0137 e. The van der Waals surface area contributed by atoms with Crippen LogP contribution in [-0.4, -0.2) is 13.6 Å². The Morgan fingerprint density at radius 3 is 2.80 bits per heavy atom. The highest BCUT2D eigenvalue weighted by molar-refractivity contribution is 5.43. The summed E-state index contributed by atoms with van der Waals surface area (Å²) in [6.45, 7) is 5.43. The fourth-order valence-electron chi connectivity index (χ4n) is 1.94. The molecule has 15 heavy (non-hydrogen) atoms. The summed E-state index contributed by atoms with van der Waals surface area (Å²) in [5.41, 5.74) is 2.94. The van der Waals surface area contributed by atoms with Crippen LogP contribution in [0.1, 0.15) is 33.1 Å². The molecule has 0 aromatic rings. The van der Waals surface area contributed by atoms with Crippen LogP contribution in [0.15, 0.2) is 35.5 Å². The topological polar surface area (TPSA) is 12.0 Å². The van der Waals surface area contributed by atoms with Crippen LogP contribution in [-0.2, 0) is 0 Å². The van der Waals surface area contributed by atoms with Crippen molar-refractivity contribution in [1.29, 1.82) is 0 Å². The zero-order valence-corrected chi connectivity index (χ0v) is 10.2. The van der Waals surface area contributed by atoms with E-state index >= 15 is 0 Å². The lowest BCUT2D eigenvalue weighted by atomic mass is 9.86. The lowest BCUT2D eigenvalue weighted by Crippen LogP contribution is -2.09. The summed E-state index contributed by atoms with van der Waals surface area (Å²) in [5.74, 6) is 0.738. The number of likely N-dealkylation sites (N-methyl/N-ethyl adjacent to an activating group) is 1. The van der Waals surface area contributed by atoms with Crippen LogP contribution in [0, 0.1) is 5.92 Å². The number of hydrogen-bond donors (Lipinski definition) is 1. The molecule has 0 saturated heterocycles. The first-order valence-electron chi connectivity index (χ1n) is 6.04. The highest BCUT2D eigenvalue weighted by atomic mass is 14.8. The fourth-order valence-corrected chi connectivity index (χ4v) is 1.94. The van der Waals surface area contributed by atoms with E-state index in [0.29, 0.717) is 0 Å². The third kappa shape index (κ3) is 3.67. The molecule has 1 aliphatic carbocycles. The Bertz CT molecular complexity index is 271. The van der Waals surface area contributed by atoms with Gasteiger partial charge in [0.1, 0.15) is 0 Å². The summed E-state index contributed by atoms with van der Waals surface area (Å²) in [4.78, 5) is 0. The van der Waals surface area contributed by atoms with E-state index in [2.05, 4.69) is 43.5 Å². The Kier molecular flexibility index (Phi) is 5.41. The molecule has 0 fully saturated rings. The second kappa shape index (κ2) is 6.62. The van der Waals surface area contributed by atoms with Gasteiger partial charge in [-0.25, -0.2) is 0 Å². The third-order valence-corrected chi connectivity index (χ3v) is 2.90. The summed E-state index contributed by atoms with van der Waals surface area (Å²) in [7, 11) is 2.00. The summed E-state index contributed by atoms with van der Waals surface area (Å²) in [6.07, 6.45) is 12.9. The lowest BCUT2D eigenvalue weighted by molar-refractivity contribution is 0.612. The molecule has 1 heteroatoms. The van der Waals surface area contributed by atoms with Gasteiger partial charge in [0.15, 0.2) is 0 Å². The molecule has 0 aromatic carbocycles. The van der Waals surface area contributed by atoms with Crippen LogP contribution >= 0.6 is 0 Å². The van der Waals surface area contributed by atoms with Gasteiger partial charge in [-0.05, 0) is 43.4 Å². The van der Waals surface area contributed by atoms with Crippen LogP contribution in [0.5, 0.6) is 0 Å². The van der Waals surface area contributed by atoms with Crippen LogP contribution < -0.4 is 5.32 Å². The van der Waals surface area contributed by atoms with Gasteiger partial charge in [-0.3, -0.25) is 0 Å². The van der Waals surface area contributed by atoms with Crippen molar-refractivity contribution in [3.8, 4) is 0 Å². The van der Waals surface area contributed by atoms with Gasteiger partial charge in [-0.2, -0.15) is 0 Å². The number of allylic oxidation sites excluding steroid dienone is 5. The molecular weight excluding hydrogens is 182 g/mol. The Labute approximate surface area is 94.0 Å². The molecule has 0 amide bonds. The summed E-state index contributed by atoms with van der Waals surface area (Å²) in [5, 5.41) is 3.18. The summed E-state index contributed by atoms with van der Waals surface area (Å²) >= 11 is 0. The van der Waals surface area contributed by atoms with Gasteiger partial charge in [0.05, 0.1) is 0 Å². The van der Waals surface area contributed by atoms with Gasteiger partial charge >= 0.3 is 0 Å². The van der Waals surface area contributed by atoms with E-state index < -0.39 is 0 Å². The van der Waals surface area contributed by atoms with Crippen molar-refractivity contribution in [3.05, 3.63) is 35.5 Å². The van der Waals surface area contributed by atoms with Gasteiger partial charge in [-0.15, -0.1) is 0 Å². The molecule has 1 nitrogen and oxygen atoms in total. The second-order valence-corrected chi connectivity index (χ2v) is 4.09. The van der Waals surface area contributed by atoms with Crippen molar-refractivity contribution in [2.75, 3.05) is 13.6 Å². The van der Waals surface area contributed by atoms with E-state index in [1.165, 1.54) is 24.0 Å². The minimum Gasteiger partial charge on any atom is -0.316 e. The predicted octanol–water partition coefficient (Wildman–Crippen LogP) is 3.45. The van der Waals surface area contributed by atoms with Gasteiger partial charge in [0, 0.05) is 6.54 Å². The number of hydrogen-bond acceptors (Lipinski definition) is 1. The molecule has 0 saturated carbocycles. The Morgan fingerprint density at radius 2 is 2.20 bits per heavy atom. The first-order chi connectivity index (χ1) is 7.31. The average molecular weight is 205 g/mol. The minimum atomic E-state index is 0.738. The maximum atomic E-state index is 3.18. The van der Waals surface area contributed by atoms with Crippen molar-refractivity contribution in [3.63, 3.8) is 0 Å². The molecule has 1 rings (SSSR count). The molecule has 0 aromatic heterocycles. The predicted molar refractivity (Wildman–Crippen MR) is 67.9 cm³/mol. The van der Waals surface area contributed by atoms with Crippen molar-refractivity contribution >= 4 is 0 Å². The summed E-state index contributed by atoms with van der Waals surface area (Å²) < 4.78 is 0. The van der Waals surface area contributed by atoms with Crippen molar-refractivity contribution < 1.29 is 0 Å². The monoisotopic (exact) mass is 205 g/mol. The normalized spacial score (nSPS) is 26.5. The Morgan fingerprint density at radius 1 is 1.40 bits per heavy atom. The molecule has 1 unspecified atom stereocenters. The maximum absolute atomic E-state index is 3.18. The molecular formula is C14H23N. The number of rotatable bonds is 4. The molecule has 0 spiro atoms. The zero-order chi connectivity index (χ0) is 11.1. The van der Waals surface area contributed by atoms with Crippen LogP contribution in [0.25, 0.3) is 0 Å². The maximum Gasteiger partial charge on any atom is 0.0137 e. The molecule has 1 atom stereocenters. The van der Waals surface area contributed by atoms with E-state index in [-0.39, 0.29) is 0 Å². The van der Waals surface area contributed by atoms with Crippen LogP contribution in [0.4, 0.5) is 0 Å². The highest BCUT2D eigenvalue weighted by Gasteiger charge is 2.13. The first-order valence-corrected chi connectivity index (χ1v) is 6.04. The van der Waals surface area contributed by atoms with Gasteiger partial charge in [0.2, 0.25) is 0 Å². The van der Waals surface area contributed by atoms with E-state index in [0.717, 1.165) is 18.9 Å². The fraction of sp³-hybridized carbons (Fsp3) is 0.571. The Hall–Kier alpha value is -0.820. The molecule has 1 N–H and O–H groups in total. The van der Waals surface area contributed by atoms with Crippen LogP contribution in [0.2, 0.25) is 0 Å². The van der Waals surface area contributed by atoms with Crippen molar-refractivity contribution in [1.82, 2.24) is 5.32 Å². The zero-order valence-electron chi connectivity index (χ0n) is 10.2. The SMILES string of the molecule is CCC=C1C=CC(CC)CC1=CCNC. The second-order valence-electron chi connectivity index (χ2n) is 4.09. The lowest BCUT2D eigenvalue weighted by Gasteiger charge is -2.20. The quantitative estimate of drug-likeness (QED) is 0.741. The molecule has 0 radical (unpaired) electrons. The molecule has 84 valence electrons. The average Bonchev–Trinajstić information content (AvgIpc) is 2.28.